The van der Waals surface area contributed by atoms with Crippen LogP contribution < -0.4 is 10.5 Å². The van der Waals surface area contributed by atoms with Crippen LogP contribution in [0, 0.1) is 25.2 Å². The highest BCUT2D eigenvalue weighted by atomic mass is 32.1. The fourth-order valence-electron chi connectivity index (χ4n) is 3.72. The van der Waals surface area contributed by atoms with Gasteiger partial charge in [0.05, 0.1) is 34.0 Å². The Kier molecular flexibility index (Phi) is 4.77. The molecule has 1 aliphatic heterocycles. The van der Waals surface area contributed by atoms with E-state index in [0.717, 1.165) is 37.1 Å². The largest absolute Gasteiger partial charge is 0.316 e. The van der Waals surface area contributed by atoms with Gasteiger partial charge in [0, 0.05) is 18.8 Å². The molecule has 0 atom stereocenters. The number of piperidine rings is 1. The summed E-state index contributed by atoms with van der Waals surface area (Å²) >= 11 is 1.80. The molecule has 1 N–H and O–H groups in total. The molecule has 3 heterocycles. The normalized spacial score (nSPS) is 19.9. The fourth-order valence-corrected chi connectivity index (χ4v) is 4.85. The molecule has 0 saturated carbocycles. The molecular weight excluding hydrogens is 358 g/mol. The number of likely N-dealkylation sites (tertiary alicyclic amines) is 1. The number of hydrogen-bond acceptors (Lipinski definition) is 5. The van der Waals surface area contributed by atoms with Crippen molar-refractivity contribution in [2.45, 2.75) is 39.3 Å². The van der Waals surface area contributed by atoms with Gasteiger partial charge in [-0.2, -0.15) is 15.0 Å². The number of aryl methyl sites for hydroxylation is 1. The summed E-state index contributed by atoms with van der Waals surface area (Å²) < 4.78 is 2.71. The van der Waals surface area contributed by atoms with Gasteiger partial charge in [0.15, 0.2) is 6.67 Å². The highest BCUT2D eigenvalue weighted by molar-refractivity contribution is 7.18. The van der Waals surface area contributed by atoms with Gasteiger partial charge in [0.2, 0.25) is 0 Å². The number of nitriles is 1. The van der Waals surface area contributed by atoms with Crippen LogP contribution in [0.15, 0.2) is 29.1 Å². The van der Waals surface area contributed by atoms with Gasteiger partial charge in [-0.3, -0.25) is 4.79 Å². The average molecular weight is 380 g/mol. The number of para-hydroxylation sites is 1. The number of nitrogens with one attached hydrogen (secondary N) is 1. The zero-order valence-corrected chi connectivity index (χ0v) is 16.3. The third-order valence-corrected chi connectivity index (χ3v) is 6.67. The van der Waals surface area contributed by atoms with Gasteiger partial charge < -0.3 is 4.90 Å². The summed E-state index contributed by atoms with van der Waals surface area (Å²) in [5, 5.41) is 14.9. The van der Waals surface area contributed by atoms with Crippen molar-refractivity contribution in [3.8, 4) is 6.07 Å². The van der Waals surface area contributed by atoms with E-state index < -0.39 is 0 Å². The number of aromatic nitrogens is 3. The molecule has 1 saturated heterocycles. The summed E-state index contributed by atoms with van der Waals surface area (Å²) in [6, 6.07) is 10.3. The standard InChI is InChI=1S/C20H21N5OS/c1-13-14(2)23-25(20(26)16(13)11-21)12-24-9-7-15(8-10-24)19-22-17-5-3-4-6-18(17)27-19/h3-6,15H,7-10,12H2,1-2H3/p+1. The molecule has 0 spiro atoms. The van der Waals surface area contributed by atoms with Crippen LogP contribution in [0.4, 0.5) is 0 Å². The highest BCUT2D eigenvalue weighted by Gasteiger charge is 2.26. The van der Waals surface area contributed by atoms with Crippen LogP contribution in [-0.2, 0) is 6.67 Å². The molecule has 1 fully saturated rings. The molecule has 0 aliphatic carbocycles. The Labute approximate surface area is 161 Å². The van der Waals surface area contributed by atoms with E-state index in [1.165, 1.54) is 19.3 Å². The minimum absolute atomic E-state index is 0.214. The maximum Gasteiger partial charge on any atom is 0.289 e. The van der Waals surface area contributed by atoms with Crippen molar-refractivity contribution >= 4 is 21.6 Å². The number of benzene rings is 1. The van der Waals surface area contributed by atoms with Crippen molar-refractivity contribution in [3.63, 3.8) is 0 Å². The Morgan fingerprint density at radius 1 is 1.30 bits per heavy atom. The molecule has 3 aromatic rings. The molecule has 0 unspecified atom stereocenters. The Balaban J connectivity index is 1.46. The lowest BCUT2D eigenvalue weighted by Crippen LogP contribution is -3.12. The molecule has 2 aromatic heterocycles. The first-order valence-electron chi connectivity index (χ1n) is 9.24. The Morgan fingerprint density at radius 2 is 2.04 bits per heavy atom. The number of rotatable bonds is 3. The molecule has 1 aliphatic rings. The van der Waals surface area contributed by atoms with Gasteiger partial charge in [-0.25, -0.2) is 4.98 Å². The molecule has 0 amide bonds. The minimum atomic E-state index is -0.276. The smallest absolute Gasteiger partial charge is 0.289 e. The first-order chi connectivity index (χ1) is 13.1. The molecule has 0 bridgehead atoms. The molecule has 7 heteroatoms. The van der Waals surface area contributed by atoms with Crippen molar-refractivity contribution in [1.82, 2.24) is 14.8 Å². The maximum atomic E-state index is 12.5. The maximum absolute atomic E-state index is 12.5. The second-order valence-electron chi connectivity index (χ2n) is 7.20. The lowest BCUT2D eigenvalue weighted by atomic mass is 9.98. The van der Waals surface area contributed by atoms with E-state index in [1.54, 1.807) is 18.3 Å². The Morgan fingerprint density at radius 3 is 2.74 bits per heavy atom. The Hall–Kier alpha value is -2.56. The van der Waals surface area contributed by atoms with Crippen molar-refractivity contribution in [2.75, 3.05) is 13.1 Å². The summed E-state index contributed by atoms with van der Waals surface area (Å²) in [5.41, 5.74) is 2.45. The van der Waals surface area contributed by atoms with E-state index in [4.69, 9.17) is 4.98 Å². The van der Waals surface area contributed by atoms with Crippen molar-refractivity contribution in [3.05, 3.63) is 56.4 Å². The number of quaternary nitrogens is 1. The molecule has 138 valence electrons. The van der Waals surface area contributed by atoms with Crippen LogP contribution in [0.2, 0.25) is 0 Å². The first kappa shape index (κ1) is 17.8. The lowest BCUT2D eigenvalue weighted by Gasteiger charge is -2.28. The predicted octanol–water partition coefficient (Wildman–Crippen LogP) is 1.76. The van der Waals surface area contributed by atoms with Crippen LogP contribution in [0.25, 0.3) is 10.2 Å². The minimum Gasteiger partial charge on any atom is -0.316 e. The van der Waals surface area contributed by atoms with Crippen LogP contribution >= 0.6 is 11.3 Å². The van der Waals surface area contributed by atoms with Crippen molar-refractivity contribution in [2.24, 2.45) is 0 Å². The van der Waals surface area contributed by atoms with E-state index in [9.17, 15) is 10.1 Å². The van der Waals surface area contributed by atoms with Crippen LogP contribution in [0.1, 0.15) is 40.6 Å². The van der Waals surface area contributed by atoms with Gasteiger partial charge in [0.25, 0.3) is 5.56 Å². The topological polar surface area (TPSA) is 76.0 Å². The van der Waals surface area contributed by atoms with Gasteiger partial charge in [-0.1, -0.05) is 12.1 Å². The summed E-state index contributed by atoms with van der Waals surface area (Å²) in [5.74, 6) is 0.491. The first-order valence-corrected chi connectivity index (χ1v) is 10.1. The van der Waals surface area contributed by atoms with Crippen LogP contribution in [-0.4, -0.2) is 27.9 Å². The third-order valence-electron chi connectivity index (χ3n) is 5.47. The van der Waals surface area contributed by atoms with Gasteiger partial charge in [-0.15, -0.1) is 11.3 Å². The third kappa shape index (κ3) is 3.38. The van der Waals surface area contributed by atoms with E-state index in [2.05, 4.69) is 23.3 Å². The number of fused-ring (bicyclic) bond motifs is 1. The summed E-state index contributed by atoms with van der Waals surface area (Å²) in [6.07, 6.45) is 2.11. The summed E-state index contributed by atoms with van der Waals surface area (Å²) in [6.45, 7) is 6.10. The number of thiazole rings is 1. The van der Waals surface area contributed by atoms with Gasteiger partial charge in [-0.05, 0) is 31.5 Å². The second-order valence-corrected chi connectivity index (χ2v) is 8.27. The number of hydrogen-bond donors (Lipinski definition) is 1. The van der Waals surface area contributed by atoms with Gasteiger partial charge >= 0.3 is 0 Å². The summed E-state index contributed by atoms with van der Waals surface area (Å²) in [7, 11) is 0. The molecule has 6 nitrogen and oxygen atoms in total. The van der Waals surface area contributed by atoms with E-state index in [1.807, 2.05) is 19.1 Å². The lowest BCUT2D eigenvalue weighted by molar-refractivity contribution is -0.928. The summed E-state index contributed by atoms with van der Waals surface area (Å²) in [4.78, 5) is 18.6. The monoisotopic (exact) mass is 380 g/mol. The van der Waals surface area contributed by atoms with Crippen molar-refractivity contribution < 1.29 is 4.90 Å². The van der Waals surface area contributed by atoms with Crippen LogP contribution in [0.5, 0.6) is 0 Å². The Bertz CT molecular complexity index is 1050. The average Bonchev–Trinajstić information content (AvgIpc) is 3.11. The molecule has 4 rings (SSSR count). The van der Waals surface area contributed by atoms with E-state index >= 15 is 0 Å². The highest BCUT2D eigenvalue weighted by Crippen LogP contribution is 2.31. The quantitative estimate of drug-likeness (QED) is 0.751. The van der Waals surface area contributed by atoms with Crippen molar-refractivity contribution in [1.29, 1.82) is 5.26 Å². The molecule has 27 heavy (non-hydrogen) atoms. The zero-order valence-electron chi connectivity index (χ0n) is 15.5. The van der Waals surface area contributed by atoms with E-state index in [0.29, 0.717) is 18.2 Å². The fraction of sp³-hybridized carbons (Fsp3) is 0.400. The predicted molar refractivity (Wildman–Crippen MR) is 105 cm³/mol. The van der Waals surface area contributed by atoms with Crippen LogP contribution in [0.3, 0.4) is 0 Å². The molecule has 1 aromatic carbocycles. The van der Waals surface area contributed by atoms with Gasteiger partial charge in [0.1, 0.15) is 11.6 Å². The number of nitrogens with zero attached hydrogens (tertiary/aromatic N) is 4. The second kappa shape index (κ2) is 7.22. The van der Waals surface area contributed by atoms with E-state index in [-0.39, 0.29) is 11.1 Å². The molecular formula is C20H22N5OS+. The molecule has 0 radical (unpaired) electrons. The SMILES string of the molecule is Cc1nn(C[NH+]2CCC(c3nc4ccccc4s3)CC2)c(=O)c(C#N)c1C. The zero-order chi connectivity index (χ0) is 19.0.